The highest BCUT2D eigenvalue weighted by Crippen LogP contribution is 2.20. The van der Waals surface area contributed by atoms with Gasteiger partial charge in [0.2, 0.25) is 5.91 Å². The van der Waals surface area contributed by atoms with E-state index in [1.165, 1.54) is 0 Å². The molecule has 2 aromatic carbocycles. The molecule has 0 radical (unpaired) electrons. The predicted octanol–water partition coefficient (Wildman–Crippen LogP) is 4.12. The van der Waals surface area contributed by atoms with Gasteiger partial charge in [-0.3, -0.25) is 14.5 Å². The summed E-state index contributed by atoms with van der Waals surface area (Å²) in [6.07, 6.45) is 4.19. The molecule has 1 atom stereocenters. The molecule has 1 aliphatic heterocycles. The van der Waals surface area contributed by atoms with Gasteiger partial charge in [-0.25, -0.2) is 0 Å². The van der Waals surface area contributed by atoms with Gasteiger partial charge < -0.3 is 5.32 Å². The fourth-order valence-corrected chi connectivity index (χ4v) is 3.56. The Kier molecular flexibility index (Phi) is 6.18. The van der Waals surface area contributed by atoms with Crippen LogP contribution in [-0.2, 0) is 4.79 Å². The number of likely N-dealkylation sites (tertiary alicyclic amines) is 1. The van der Waals surface area contributed by atoms with E-state index in [0.717, 1.165) is 38.8 Å². The quantitative estimate of drug-likeness (QED) is 0.797. The molecule has 2 aromatic rings. The molecule has 0 aromatic heterocycles. The first kappa shape index (κ1) is 18.3. The number of hydrogen-bond acceptors (Lipinski definition) is 3. The minimum atomic E-state index is -0.0721. The molecule has 136 valence electrons. The number of carbonyl (C=O) groups excluding carboxylic acids is 2. The largest absolute Gasteiger partial charge is 0.325 e. The maximum absolute atomic E-state index is 12.8. The molecule has 1 saturated heterocycles. The highest BCUT2D eigenvalue weighted by Gasteiger charge is 2.28. The molecule has 4 heteroatoms. The highest BCUT2D eigenvalue weighted by atomic mass is 16.2. The Morgan fingerprint density at radius 3 is 2.58 bits per heavy atom. The Morgan fingerprint density at radius 1 is 1.04 bits per heavy atom. The summed E-state index contributed by atoms with van der Waals surface area (Å²) < 4.78 is 0. The number of rotatable bonds is 6. The Labute approximate surface area is 155 Å². The maximum atomic E-state index is 12.8. The van der Waals surface area contributed by atoms with E-state index in [-0.39, 0.29) is 17.7 Å². The summed E-state index contributed by atoms with van der Waals surface area (Å²) in [5.41, 5.74) is 1.92. The lowest BCUT2D eigenvalue weighted by molar-refractivity contribution is -0.122. The Bertz CT molecular complexity index is 756. The van der Waals surface area contributed by atoms with Crippen LogP contribution in [0.3, 0.4) is 0 Å². The van der Waals surface area contributed by atoms with Crippen LogP contribution in [0.25, 0.3) is 0 Å². The molecule has 1 heterocycles. The van der Waals surface area contributed by atoms with Crippen molar-refractivity contribution in [2.24, 2.45) is 0 Å². The summed E-state index contributed by atoms with van der Waals surface area (Å²) in [5.74, 6) is -0.00515. The molecular formula is C22H26N2O2. The summed E-state index contributed by atoms with van der Waals surface area (Å²) in [6.45, 7) is 4.07. The predicted molar refractivity (Wildman–Crippen MR) is 104 cm³/mol. The Morgan fingerprint density at radius 2 is 1.81 bits per heavy atom. The fourth-order valence-electron chi connectivity index (χ4n) is 3.56. The molecule has 3 rings (SSSR count). The van der Waals surface area contributed by atoms with Gasteiger partial charge in [0.05, 0.1) is 6.04 Å². The van der Waals surface area contributed by atoms with Gasteiger partial charge in [0.15, 0.2) is 5.78 Å². The zero-order chi connectivity index (χ0) is 18.4. The average Bonchev–Trinajstić information content (AvgIpc) is 2.69. The zero-order valence-corrected chi connectivity index (χ0v) is 15.3. The van der Waals surface area contributed by atoms with Gasteiger partial charge >= 0.3 is 0 Å². The number of benzene rings is 2. The van der Waals surface area contributed by atoms with Crippen molar-refractivity contribution in [3.05, 3.63) is 65.7 Å². The van der Waals surface area contributed by atoms with Crippen LogP contribution in [0.15, 0.2) is 54.6 Å². The van der Waals surface area contributed by atoms with Crippen LogP contribution in [0.5, 0.6) is 0 Å². The third-order valence-electron chi connectivity index (χ3n) is 4.86. The van der Waals surface area contributed by atoms with Gasteiger partial charge in [-0.1, -0.05) is 55.8 Å². The van der Waals surface area contributed by atoms with Gasteiger partial charge in [0.1, 0.15) is 0 Å². The lowest BCUT2D eigenvalue weighted by Gasteiger charge is -2.34. The lowest BCUT2D eigenvalue weighted by atomic mass is 10.0. The highest BCUT2D eigenvalue weighted by molar-refractivity contribution is 6.09. The third kappa shape index (κ3) is 4.38. The second-order valence-electron chi connectivity index (χ2n) is 6.81. The van der Waals surface area contributed by atoms with E-state index in [1.807, 2.05) is 30.3 Å². The van der Waals surface area contributed by atoms with Crippen molar-refractivity contribution in [2.45, 2.75) is 38.6 Å². The van der Waals surface area contributed by atoms with Crippen LogP contribution in [-0.4, -0.2) is 35.7 Å². The number of nitrogens with zero attached hydrogens (tertiary/aromatic N) is 1. The first-order chi connectivity index (χ1) is 12.7. The van der Waals surface area contributed by atoms with Crippen LogP contribution in [0.2, 0.25) is 0 Å². The van der Waals surface area contributed by atoms with Crippen LogP contribution in [0, 0.1) is 0 Å². The van der Waals surface area contributed by atoms with Crippen LogP contribution >= 0.6 is 0 Å². The van der Waals surface area contributed by atoms with Gasteiger partial charge in [-0.15, -0.1) is 0 Å². The number of anilines is 1. The number of nitrogens with one attached hydrogen (secondary N) is 1. The molecule has 1 unspecified atom stereocenters. The van der Waals surface area contributed by atoms with E-state index in [1.54, 1.807) is 24.3 Å². The monoisotopic (exact) mass is 350 g/mol. The first-order valence-corrected chi connectivity index (χ1v) is 9.43. The molecule has 4 nitrogen and oxygen atoms in total. The summed E-state index contributed by atoms with van der Waals surface area (Å²) in [4.78, 5) is 27.6. The zero-order valence-electron chi connectivity index (χ0n) is 15.3. The van der Waals surface area contributed by atoms with E-state index in [9.17, 15) is 9.59 Å². The Hall–Kier alpha value is -2.46. The number of hydrogen-bond donors (Lipinski definition) is 1. The lowest BCUT2D eigenvalue weighted by Crippen LogP contribution is -2.47. The minimum Gasteiger partial charge on any atom is -0.325 e. The second kappa shape index (κ2) is 8.77. The van der Waals surface area contributed by atoms with E-state index in [4.69, 9.17) is 0 Å². The molecule has 0 saturated carbocycles. The van der Waals surface area contributed by atoms with E-state index in [0.29, 0.717) is 16.8 Å². The molecule has 1 amide bonds. The summed E-state index contributed by atoms with van der Waals surface area (Å²) in [5, 5.41) is 3.01. The van der Waals surface area contributed by atoms with Crippen molar-refractivity contribution in [3.63, 3.8) is 0 Å². The molecule has 26 heavy (non-hydrogen) atoms. The number of piperidine rings is 1. The van der Waals surface area contributed by atoms with Crippen LogP contribution < -0.4 is 5.32 Å². The van der Waals surface area contributed by atoms with Crippen molar-refractivity contribution in [2.75, 3.05) is 18.4 Å². The summed E-state index contributed by atoms with van der Waals surface area (Å²) >= 11 is 0. The number of ketones is 1. The van der Waals surface area contributed by atoms with Crippen molar-refractivity contribution in [3.8, 4) is 0 Å². The molecule has 1 N–H and O–H groups in total. The second-order valence-corrected chi connectivity index (χ2v) is 6.81. The van der Waals surface area contributed by atoms with Gasteiger partial charge in [-0.2, -0.15) is 0 Å². The first-order valence-electron chi connectivity index (χ1n) is 9.43. The van der Waals surface area contributed by atoms with Crippen molar-refractivity contribution in [1.82, 2.24) is 4.90 Å². The van der Waals surface area contributed by atoms with E-state index in [2.05, 4.69) is 17.1 Å². The van der Waals surface area contributed by atoms with E-state index < -0.39 is 0 Å². The SMILES string of the molecule is CCCN1CCCCC1C(=O)Nc1cccc(C(=O)c2ccccc2)c1. The van der Waals surface area contributed by atoms with E-state index >= 15 is 0 Å². The summed E-state index contributed by atoms with van der Waals surface area (Å²) in [6, 6.07) is 16.3. The normalized spacial score (nSPS) is 17.7. The van der Waals surface area contributed by atoms with Crippen molar-refractivity contribution >= 4 is 17.4 Å². The van der Waals surface area contributed by atoms with Gasteiger partial charge in [0, 0.05) is 16.8 Å². The van der Waals surface area contributed by atoms with Crippen LogP contribution in [0.1, 0.15) is 48.5 Å². The minimum absolute atomic E-state index is 0.0301. The van der Waals surface area contributed by atoms with Crippen molar-refractivity contribution < 1.29 is 9.59 Å². The smallest absolute Gasteiger partial charge is 0.241 e. The molecular weight excluding hydrogens is 324 g/mol. The number of amides is 1. The fraction of sp³-hybridized carbons (Fsp3) is 0.364. The average molecular weight is 350 g/mol. The van der Waals surface area contributed by atoms with Gasteiger partial charge in [-0.05, 0) is 44.5 Å². The van der Waals surface area contributed by atoms with Crippen LogP contribution in [0.4, 0.5) is 5.69 Å². The van der Waals surface area contributed by atoms with Crippen molar-refractivity contribution in [1.29, 1.82) is 0 Å². The summed E-state index contributed by atoms with van der Waals surface area (Å²) in [7, 11) is 0. The standard InChI is InChI=1S/C22H26N2O2/c1-2-14-24-15-7-6-13-20(24)22(26)23-19-12-8-11-18(16-19)21(25)17-9-4-3-5-10-17/h3-5,8-12,16,20H,2,6-7,13-15H2,1H3,(H,23,26). The third-order valence-corrected chi connectivity index (χ3v) is 4.86. The molecule has 1 fully saturated rings. The maximum Gasteiger partial charge on any atom is 0.241 e. The molecule has 1 aliphatic rings. The number of carbonyl (C=O) groups is 2. The Balaban J connectivity index is 1.72. The molecule has 0 aliphatic carbocycles. The molecule has 0 bridgehead atoms. The van der Waals surface area contributed by atoms with Gasteiger partial charge in [0.25, 0.3) is 0 Å². The topological polar surface area (TPSA) is 49.4 Å². The molecule has 0 spiro atoms.